The summed E-state index contributed by atoms with van der Waals surface area (Å²) in [5.74, 6) is 0.256. The quantitative estimate of drug-likeness (QED) is 0.715. The van der Waals surface area contributed by atoms with Gasteiger partial charge in [0.25, 0.3) is 0 Å². The smallest absolute Gasteiger partial charge is 0.222 e. The van der Waals surface area contributed by atoms with Gasteiger partial charge in [0.05, 0.1) is 25.9 Å². The fourth-order valence-corrected chi connectivity index (χ4v) is 2.55. The number of ether oxygens (including phenoxy) is 2. The summed E-state index contributed by atoms with van der Waals surface area (Å²) in [6, 6.07) is 0. The van der Waals surface area contributed by atoms with Crippen molar-refractivity contribution in [2.75, 3.05) is 59.1 Å². The molecule has 19 heavy (non-hydrogen) atoms. The molecule has 0 radical (unpaired) electrons. The van der Waals surface area contributed by atoms with Crippen molar-refractivity contribution in [3.63, 3.8) is 0 Å². The average Bonchev–Trinajstić information content (AvgIpc) is 2.48. The lowest BCUT2D eigenvalue weighted by molar-refractivity contribution is -0.135. The van der Waals surface area contributed by atoms with Crippen LogP contribution in [0.25, 0.3) is 0 Å². The van der Waals surface area contributed by atoms with E-state index >= 15 is 0 Å². The summed E-state index contributed by atoms with van der Waals surface area (Å²) in [6.45, 7) is 6.95. The lowest BCUT2D eigenvalue weighted by Crippen LogP contribution is -2.46. The Kier molecular flexibility index (Phi) is 6.03. The first kappa shape index (κ1) is 14.7. The molecule has 0 aromatic rings. The highest BCUT2D eigenvalue weighted by Gasteiger charge is 2.20. The molecule has 0 aliphatic carbocycles. The Morgan fingerprint density at radius 3 is 2.74 bits per heavy atom. The molecule has 6 heteroatoms. The highest BCUT2D eigenvalue weighted by molar-refractivity contribution is 5.76. The molecule has 2 aliphatic heterocycles. The lowest BCUT2D eigenvalue weighted by Gasteiger charge is -2.32. The van der Waals surface area contributed by atoms with Crippen LogP contribution < -0.4 is 5.73 Å². The van der Waals surface area contributed by atoms with E-state index in [0.29, 0.717) is 26.2 Å². The molecular weight excluding hydrogens is 246 g/mol. The fraction of sp³-hybridized carbons (Fsp3) is 0.923. The Morgan fingerprint density at radius 2 is 2.00 bits per heavy atom. The number of morpholine rings is 2. The summed E-state index contributed by atoms with van der Waals surface area (Å²) in [5, 5.41) is 0. The molecular formula is C13H25N3O3. The van der Waals surface area contributed by atoms with Crippen molar-refractivity contribution in [1.82, 2.24) is 9.80 Å². The average molecular weight is 271 g/mol. The first-order chi connectivity index (χ1) is 9.29. The Balaban J connectivity index is 1.61. The van der Waals surface area contributed by atoms with Gasteiger partial charge in [-0.05, 0) is 13.0 Å². The van der Waals surface area contributed by atoms with Gasteiger partial charge in [0.2, 0.25) is 5.91 Å². The number of amides is 1. The van der Waals surface area contributed by atoms with Gasteiger partial charge in [0, 0.05) is 39.1 Å². The Morgan fingerprint density at radius 1 is 1.21 bits per heavy atom. The molecule has 6 nitrogen and oxygen atoms in total. The van der Waals surface area contributed by atoms with Gasteiger partial charge >= 0.3 is 0 Å². The number of hydrogen-bond donors (Lipinski definition) is 1. The second kappa shape index (κ2) is 7.79. The summed E-state index contributed by atoms with van der Waals surface area (Å²) in [6.07, 6.45) is 1.70. The van der Waals surface area contributed by atoms with Gasteiger partial charge in [-0.15, -0.1) is 0 Å². The largest absolute Gasteiger partial charge is 0.378 e. The first-order valence-electron chi connectivity index (χ1n) is 7.19. The Hall–Kier alpha value is -0.690. The van der Waals surface area contributed by atoms with E-state index in [9.17, 15) is 4.79 Å². The van der Waals surface area contributed by atoms with Gasteiger partial charge in [-0.3, -0.25) is 9.69 Å². The van der Waals surface area contributed by atoms with Crippen molar-refractivity contribution in [3.8, 4) is 0 Å². The summed E-state index contributed by atoms with van der Waals surface area (Å²) in [7, 11) is 0. The number of carbonyl (C=O) groups is 1. The van der Waals surface area contributed by atoms with Crippen molar-refractivity contribution in [1.29, 1.82) is 0 Å². The SMILES string of the molecule is NCC1CN(CCCC(=O)N2CCOCC2)CCO1. The summed E-state index contributed by atoms with van der Waals surface area (Å²) in [5.41, 5.74) is 5.62. The van der Waals surface area contributed by atoms with Crippen LogP contribution >= 0.6 is 0 Å². The minimum Gasteiger partial charge on any atom is -0.378 e. The highest BCUT2D eigenvalue weighted by atomic mass is 16.5. The predicted molar refractivity (Wildman–Crippen MR) is 71.9 cm³/mol. The summed E-state index contributed by atoms with van der Waals surface area (Å²) >= 11 is 0. The number of nitrogens with two attached hydrogens (primary N) is 1. The van der Waals surface area contributed by atoms with E-state index in [0.717, 1.165) is 45.8 Å². The van der Waals surface area contributed by atoms with Crippen molar-refractivity contribution >= 4 is 5.91 Å². The third-order valence-electron chi connectivity index (χ3n) is 3.71. The van der Waals surface area contributed by atoms with E-state index in [-0.39, 0.29) is 12.0 Å². The van der Waals surface area contributed by atoms with Crippen LogP contribution in [-0.2, 0) is 14.3 Å². The number of rotatable bonds is 5. The van der Waals surface area contributed by atoms with Crippen LogP contribution in [0.2, 0.25) is 0 Å². The topological polar surface area (TPSA) is 68.0 Å². The highest BCUT2D eigenvalue weighted by Crippen LogP contribution is 2.07. The van der Waals surface area contributed by atoms with E-state index in [4.69, 9.17) is 15.2 Å². The van der Waals surface area contributed by atoms with Gasteiger partial charge in [0.15, 0.2) is 0 Å². The van der Waals surface area contributed by atoms with E-state index < -0.39 is 0 Å². The molecule has 0 aromatic carbocycles. The van der Waals surface area contributed by atoms with Gasteiger partial charge in [-0.25, -0.2) is 0 Å². The summed E-state index contributed by atoms with van der Waals surface area (Å²) in [4.78, 5) is 16.2. The van der Waals surface area contributed by atoms with Crippen molar-refractivity contribution < 1.29 is 14.3 Å². The molecule has 2 N–H and O–H groups in total. The normalized spacial score (nSPS) is 25.5. The fourth-order valence-electron chi connectivity index (χ4n) is 2.55. The van der Waals surface area contributed by atoms with Crippen molar-refractivity contribution in [3.05, 3.63) is 0 Å². The first-order valence-corrected chi connectivity index (χ1v) is 7.19. The number of carbonyl (C=O) groups excluding carboxylic acids is 1. The monoisotopic (exact) mass is 271 g/mol. The van der Waals surface area contributed by atoms with Crippen molar-refractivity contribution in [2.24, 2.45) is 5.73 Å². The zero-order valence-corrected chi connectivity index (χ0v) is 11.6. The Labute approximate surface area is 114 Å². The molecule has 0 saturated carbocycles. The lowest BCUT2D eigenvalue weighted by atomic mass is 10.2. The standard InChI is InChI=1S/C13H25N3O3/c14-10-12-11-15(4-9-19-12)3-1-2-13(17)16-5-7-18-8-6-16/h12H,1-11,14H2. The van der Waals surface area contributed by atoms with E-state index in [2.05, 4.69) is 4.90 Å². The number of hydrogen-bond acceptors (Lipinski definition) is 5. The van der Waals surface area contributed by atoms with Crippen LogP contribution in [-0.4, -0.2) is 80.9 Å². The molecule has 2 heterocycles. The molecule has 2 fully saturated rings. The van der Waals surface area contributed by atoms with Gasteiger partial charge in [-0.1, -0.05) is 0 Å². The molecule has 1 amide bonds. The Bertz CT molecular complexity index is 282. The van der Waals surface area contributed by atoms with Crippen LogP contribution in [0.15, 0.2) is 0 Å². The van der Waals surface area contributed by atoms with Gasteiger partial charge in [-0.2, -0.15) is 0 Å². The summed E-state index contributed by atoms with van der Waals surface area (Å²) < 4.78 is 10.8. The maximum absolute atomic E-state index is 12.0. The molecule has 0 spiro atoms. The predicted octanol–water partition coefficient (Wildman–Crippen LogP) is -0.715. The molecule has 2 saturated heterocycles. The van der Waals surface area contributed by atoms with E-state index in [1.807, 2.05) is 4.90 Å². The minimum atomic E-state index is 0.156. The second-order valence-electron chi connectivity index (χ2n) is 5.13. The maximum atomic E-state index is 12.0. The van der Waals surface area contributed by atoms with E-state index in [1.165, 1.54) is 0 Å². The zero-order chi connectivity index (χ0) is 13.5. The minimum absolute atomic E-state index is 0.156. The van der Waals surface area contributed by atoms with Gasteiger partial charge < -0.3 is 20.1 Å². The van der Waals surface area contributed by atoms with Crippen molar-refractivity contribution in [2.45, 2.75) is 18.9 Å². The van der Waals surface area contributed by atoms with Crippen LogP contribution in [0.4, 0.5) is 0 Å². The second-order valence-corrected chi connectivity index (χ2v) is 5.13. The molecule has 2 aliphatic rings. The molecule has 110 valence electrons. The number of nitrogens with zero attached hydrogens (tertiary/aromatic N) is 2. The zero-order valence-electron chi connectivity index (χ0n) is 11.6. The van der Waals surface area contributed by atoms with Crippen LogP contribution in [0.3, 0.4) is 0 Å². The van der Waals surface area contributed by atoms with Crippen LogP contribution in [0.1, 0.15) is 12.8 Å². The third-order valence-corrected chi connectivity index (χ3v) is 3.71. The molecule has 2 rings (SSSR count). The third kappa shape index (κ3) is 4.72. The maximum Gasteiger partial charge on any atom is 0.222 e. The molecule has 0 aromatic heterocycles. The van der Waals surface area contributed by atoms with E-state index in [1.54, 1.807) is 0 Å². The molecule has 1 unspecified atom stereocenters. The van der Waals surface area contributed by atoms with Crippen LogP contribution in [0.5, 0.6) is 0 Å². The molecule has 0 bridgehead atoms. The van der Waals surface area contributed by atoms with Gasteiger partial charge in [0.1, 0.15) is 0 Å². The van der Waals surface area contributed by atoms with Crippen LogP contribution in [0, 0.1) is 0 Å². The molecule has 1 atom stereocenters.